The molecule has 3 aromatic rings. The number of rotatable bonds is 12. The molecule has 4 bridgehead atoms. The van der Waals surface area contributed by atoms with Gasteiger partial charge in [0.05, 0.1) is 44.3 Å². The zero-order valence-corrected chi connectivity index (χ0v) is 61.1. The van der Waals surface area contributed by atoms with Crippen LogP contribution < -0.4 is 0 Å². The zero-order valence-electron chi connectivity index (χ0n) is 61.1. The van der Waals surface area contributed by atoms with E-state index in [0.717, 1.165) is 103 Å². The van der Waals surface area contributed by atoms with Crippen LogP contribution in [0.1, 0.15) is 109 Å². The number of carbonyl (C=O) groups excluding carboxylic acids is 8. The number of benzene rings is 2. The first-order chi connectivity index (χ1) is 46.4. The van der Waals surface area contributed by atoms with E-state index in [-0.39, 0.29) is 60.6 Å². The maximum atomic E-state index is 11.8. The minimum atomic E-state index is -0.802. The molecule has 3 N–H and O–H groups in total. The first-order valence-electron chi connectivity index (χ1n) is 33.9. The average molecular weight is 1380 g/mol. The highest BCUT2D eigenvalue weighted by Crippen LogP contribution is 2.25. The predicted molar refractivity (Wildman–Crippen MR) is 369 cm³/mol. The number of hydrogen-bond donors (Lipinski definition) is 3. The van der Waals surface area contributed by atoms with E-state index in [2.05, 4.69) is 193 Å². The van der Waals surface area contributed by atoms with Gasteiger partial charge in [0.15, 0.2) is 0 Å². The first-order valence-corrected chi connectivity index (χ1v) is 33.9. The van der Waals surface area contributed by atoms with Crippen molar-refractivity contribution in [3.05, 3.63) is 100 Å². The molecule has 0 radical (unpaired) electrons. The Morgan fingerprint density at radius 2 is 0.888 bits per heavy atom. The molecule has 2 aromatic carbocycles. The number of carboxylic acid groups (broad SMARTS) is 2. The summed E-state index contributed by atoms with van der Waals surface area (Å²) in [5.41, 5.74) is 7.67. The second kappa shape index (κ2) is 50.0. The van der Waals surface area contributed by atoms with Gasteiger partial charge in [0.25, 0.3) is 0 Å². The lowest BCUT2D eigenvalue weighted by Gasteiger charge is -2.37. The number of fused-ring (bicyclic) bond motifs is 5. The van der Waals surface area contributed by atoms with Crippen LogP contribution in [-0.2, 0) is 94.3 Å². The highest BCUT2D eigenvalue weighted by molar-refractivity contribution is 5.69. The van der Waals surface area contributed by atoms with Crippen molar-refractivity contribution in [2.75, 3.05) is 192 Å². The molecule has 4 atom stereocenters. The molecule has 4 aliphatic rings. The van der Waals surface area contributed by atoms with Crippen molar-refractivity contribution in [3.63, 3.8) is 0 Å². The van der Waals surface area contributed by atoms with Crippen molar-refractivity contribution in [2.24, 2.45) is 5.41 Å². The Balaban J connectivity index is 0.000000681. The molecule has 1 aromatic heterocycles. The van der Waals surface area contributed by atoms with Gasteiger partial charge >= 0.3 is 36.5 Å². The van der Waals surface area contributed by atoms with Crippen LogP contribution in [0.4, 0.5) is 0 Å². The summed E-state index contributed by atoms with van der Waals surface area (Å²) < 4.78 is 5.78. The van der Waals surface area contributed by atoms with E-state index in [1.807, 2.05) is 18.2 Å². The summed E-state index contributed by atoms with van der Waals surface area (Å²) in [5.74, 6) is -1.59. The van der Waals surface area contributed by atoms with E-state index in [1.165, 1.54) is 87.5 Å². The Labute approximate surface area is 583 Å². The molecule has 7 rings (SSSR count). The fourth-order valence-corrected chi connectivity index (χ4v) is 12.0. The minimum absolute atomic E-state index is 0.00436. The number of carbonyl (C=O) groups is 2. The van der Waals surface area contributed by atoms with Gasteiger partial charge in [-0.2, -0.15) is 38.4 Å². The molecule has 26 heteroatoms. The van der Waals surface area contributed by atoms with Crippen LogP contribution in [0.5, 0.6) is 0 Å². The number of hydrogen-bond acceptors (Lipinski definition) is 24. The Bertz CT molecular complexity index is 2740. The molecule has 98 heavy (non-hydrogen) atoms. The molecule has 0 amide bonds. The van der Waals surface area contributed by atoms with E-state index in [4.69, 9.17) is 53.3 Å². The topological polar surface area (TPSA) is 295 Å². The molecule has 26 nitrogen and oxygen atoms in total. The third-order valence-electron chi connectivity index (χ3n) is 17.2. The Hall–Kier alpha value is -6.47. The molecular weight excluding hydrogens is 1260 g/mol. The van der Waals surface area contributed by atoms with Crippen LogP contribution in [0.2, 0.25) is 0 Å². The number of pyridine rings is 1. The molecule has 2 unspecified atom stereocenters. The molecular formula is C72H117N11O15. The summed E-state index contributed by atoms with van der Waals surface area (Å²) >= 11 is 0. The van der Waals surface area contributed by atoms with Crippen LogP contribution in [0.3, 0.4) is 0 Å². The maximum absolute atomic E-state index is 11.8. The van der Waals surface area contributed by atoms with E-state index in [0.29, 0.717) is 38.3 Å². The summed E-state index contributed by atoms with van der Waals surface area (Å²) in [4.78, 5) is 121. The molecule has 0 saturated carbocycles. The Morgan fingerprint density at radius 3 is 1.34 bits per heavy atom. The van der Waals surface area contributed by atoms with E-state index in [9.17, 15) is 19.8 Å². The fraction of sp³-hybridized carbons (Fsp3) is 0.681. The number of aliphatic carboxylic acids is 2. The smallest absolute Gasteiger partial charge is 0.373 e. The molecule has 3 fully saturated rings. The molecule has 0 aliphatic carbocycles. The number of ether oxygens (including phenoxy) is 1. The van der Waals surface area contributed by atoms with Gasteiger partial charge in [0, 0.05) is 130 Å². The molecule has 3 saturated heterocycles. The normalized spacial score (nSPS) is 20.7. The van der Waals surface area contributed by atoms with E-state index in [1.54, 1.807) is 0 Å². The van der Waals surface area contributed by atoms with Crippen molar-refractivity contribution in [2.45, 2.75) is 124 Å². The van der Waals surface area contributed by atoms with Gasteiger partial charge in [-0.1, -0.05) is 117 Å². The maximum Gasteiger partial charge on any atom is 0.373 e. The summed E-state index contributed by atoms with van der Waals surface area (Å²) in [5, 5.41) is 27.8. The van der Waals surface area contributed by atoms with Crippen molar-refractivity contribution in [1.29, 1.82) is 0 Å². The first kappa shape index (κ1) is 89.5. The largest absolute Gasteiger partial charge is 0.480 e. The van der Waals surface area contributed by atoms with Gasteiger partial charge in [-0.05, 0) is 131 Å². The zero-order chi connectivity index (χ0) is 73.7. The molecule has 550 valence electrons. The Kier molecular flexibility index (Phi) is 45.6. The lowest BCUT2D eigenvalue weighted by atomic mass is 9.86. The quantitative estimate of drug-likeness (QED) is 0.164. The number of likely N-dealkylation sites (N-methyl/N-ethyl adjacent to an activating group) is 4. The lowest BCUT2D eigenvalue weighted by molar-refractivity contribution is -0.244. The third kappa shape index (κ3) is 41.8. The second-order valence-corrected chi connectivity index (χ2v) is 28.8. The highest BCUT2D eigenvalue weighted by Gasteiger charge is 2.28. The fourth-order valence-electron chi connectivity index (χ4n) is 12.0. The average Bonchev–Trinajstić information content (AvgIpc) is 0.869. The minimum Gasteiger partial charge on any atom is -0.480 e. The SMILES string of the molecule is CC(C)(C)CN1CCCN2CCN(CCOO)CCCN(CC2)CC1.CN1CCN(C)C[C@H](Cc2ccc(C(C)(C)C)cc2)N(CC(=O)O)Cc2cccc(n2)C1.CN1CCOCCN(CC(=O)O)[C@@H](Cc2ccc(C(C)(C)C)cc2)CN(C)CC1.O=C=O.O=C=O.O=C=O.O=C=O. The molecule has 4 aliphatic heterocycles. The number of carboxylic acids is 2. The Morgan fingerprint density at radius 1 is 0.490 bits per heavy atom. The van der Waals surface area contributed by atoms with Crippen LogP contribution in [0.15, 0.2) is 66.7 Å². The van der Waals surface area contributed by atoms with E-state index < -0.39 is 11.9 Å². The third-order valence-corrected chi connectivity index (χ3v) is 17.2. The molecule has 0 spiro atoms. The van der Waals surface area contributed by atoms with Gasteiger partial charge in [-0.15, -0.1) is 0 Å². The standard InChI is InChI=1S/C26H38N4O2.C23H39N3O3.C19H40N4O2.4CO2/c1-26(2,3)21-11-9-20(10-12-21)15-24-18-29(5)14-13-28(4)16-22-7-6-8-23(27-22)17-30(24)19-25(31)32;1-23(2,3)20-8-6-19(7-9-20)16-21-17-25(5)11-10-24(4)12-14-29-15-13-26(21)18-22(27)28;1-19(2,3)18-23-9-5-7-20-10-11-21(14-15-23)6-4-8-22(13-12-20)16-17-25-24;4*2-1-3/h6-12,24H,13-19H2,1-5H3,(H,31,32);6-9,21H,10-18H2,1-5H3,(H,27,28);24H,4-18H2,1-3H3;;;;/t24-;21-;;;;;/m00...../s1. The monoisotopic (exact) mass is 1380 g/mol. The summed E-state index contributed by atoms with van der Waals surface area (Å²) in [6.07, 6.45) is 5.09. The van der Waals surface area contributed by atoms with Crippen LogP contribution >= 0.6 is 0 Å². The van der Waals surface area contributed by atoms with E-state index >= 15 is 0 Å². The van der Waals surface area contributed by atoms with Crippen LogP contribution in [0, 0.1) is 5.41 Å². The summed E-state index contributed by atoms with van der Waals surface area (Å²) in [7, 11) is 8.50. The van der Waals surface area contributed by atoms with Crippen molar-refractivity contribution >= 4 is 36.5 Å². The highest BCUT2D eigenvalue weighted by atomic mass is 17.1. The van der Waals surface area contributed by atoms with Crippen molar-refractivity contribution in [1.82, 2.24) is 54.0 Å². The molecule has 5 heterocycles. The van der Waals surface area contributed by atoms with Crippen molar-refractivity contribution < 1.29 is 73.0 Å². The lowest BCUT2D eigenvalue weighted by Crippen LogP contribution is -2.49. The van der Waals surface area contributed by atoms with Crippen LogP contribution in [0.25, 0.3) is 0 Å². The van der Waals surface area contributed by atoms with Crippen LogP contribution in [-0.4, -0.2) is 310 Å². The number of nitrogens with zero attached hydrogens (tertiary/aromatic N) is 11. The summed E-state index contributed by atoms with van der Waals surface area (Å²) in [6.45, 7) is 44.0. The van der Waals surface area contributed by atoms with Gasteiger partial charge in [-0.3, -0.25) is 39.4 Å². The predicted octanol–water partition coefficient (Wildman–Crippen LogP) is 4.63. The second-order valence-electron chi connectivity index (χ2n) is 28.8. The van der Waals surface area contributed by atoms with Gasteiger partial charge in [0.2, 0.25) is 0 Å². The van der Waals surface area contributed by atoms with Crippen molar-refractivity contribution in [3.8, 4) is 0 Å². The van der Waals surface area contributed by atoms with Gasteiger partial charge in [-0.25, -0.2) is 4.89 Å². The summed E-state index contributed by atoms with van der Waals surface area (Å²) in [6, 6.07) is 23.9. The van der Waals surface area contributed by atoms with Gasteiger partial charge < -0.3 is 44.3 Å². The number of aromatic nitrogens is 1. The van der Waals surface area contributed by atoms with Gasteiger partial charge in [0.1, 0.15) is 0 Å².